The first-order valence-corrected chi connectivity index (χ1v) is 9.46. The van der Waals surface area contributed by atoms with E-state index in [-0.39, 0.29) is 4.90 Å². The summed E-state index contributed by atoms with van der Waals surface area (Å²) in [6.45, 7) is 1.73. The number of unbranched alkanes of at least 4 members (excludes halogenated alkanes) is 1. The fraction of sp³-hybridized carbons (Fsp3) is 0.333. The molecule has 0 radical (unpaired) electrons. The van der Waals surface area contributed by atoms with Crippen molar-refractivity contribution in [3.05, 3.63) is 48.3 Å². The molecule has 0 aliphatic heterocycles. The van der Waals surface area contributed by atoms with Crippen molar-refractivity contribution in [2.75, 3.05) is 0 Å². The predicted octanol–water partition coefficient (Wildman–Crippen LogP) is 3.13. The third-order valence-corrected chi connectivity index (χ3v) is 6.82. The summed E-state index contributed by atoms with van der Waals surface area (Å²) < 4.78 is 25.4. The predicted molar refractivity (Wildman–Crippen MR) is 93.6 cm³/mol. The number of para-hydroxylation sites is 1. The molecular weight excluding hydrogens is 324 g/mol. The highest BCUT2D eigenvalue weighted by Crippen LogP contribution is 2.35. The Hall–Kier alpha value is -2.21. The van der Waals surface area contributed by atoms with Gasteiger partial charge < -0.3 is 9.78 Å². The van der Waals surface area contributed by atoms with Gasteiger partial charge in [0.15, 0.2) is 9.84 Å². The monoisotopic (exact) mass is 344 g/mol. The van der Waals surface area contributed by atoms with E-state index in [2.05, 4.69) is 9.97 Å². The summed E-state index contributed by atoms with van der Waals surface area (Å²) in [5.74, 6) is 0.707. The lowest BCUT2D eigenvalue weighted by Gasteiger charge is -2.26. The maximum absolute atomic E-state index is 13.2. The summed E-state index contributed by atoms with van der Waals surface area (Å²) in [6.07, 6.45) is 10.3. The number of fused-ring (bicyclic) bond motifs is 1. The summed E-state index contributed by atoms with van der Waals surface area (Å²) in [4.78, 5) is 18.3. The zero-order valence-electron chi connectivity index (χ0n) is 13.5. The molecule has 0 saturated heterocycles. The maximum Gasteiger partial charge on any atom is 0.189 e. The van der Waals surface area contributed by atoms with Gasteiger partial charge in [0, 0.05) is 12.8 Å². The number of nitrogens with zero attached hydrogens (tertiary/aromatic N) is 1. The van der Waals surface area contributed by atoms with Gasteiger partial charge >= 0.3 is 0 Å². The van der Waals surface area contributed by atoms with Crippen LogP contribution in [-0.4, -0.2) is 29.4 Å². The van der Waals surface area contributed by atoms with Gasteiger partial charge in [-0.1, -0.05) is 30.4 Å². The zero-order valence-corrected chi connectivity index (χ0v) is 14.3. The van der Waals surface area contributed by atoms with Crippen molar-refractivity contribution in [3.63, 3.8) is 0 Å². The Morgan fingerprint density at radius 2 is 2.17 bits per heavy atom. The van der Waals surface area contributed by atoms with Crippen molar-refractivity contribution in [2.45, 2.75) is 42.2 Å². The quantitative estimate of drug-likeness (QED) is 0.645. The van der Waals surface area contributed by atoms with Crippen molar-refractivity contribution in [3.8, 4) is 0 Å². The second kappa shape index (κ2) is 6.36. The molecule has 0 amide bonds. The SMILES string of the molecule is CC1(S(=O)(=O)c2cccc3[nH]c(CCCC=O)nc23)C=CC=CC1. The van der Waals surface area contributed by atoms with E-state index in [4.69, 9.17) is 0 Å². The van der Waals surface area contributed by atoms with Crippen LogP contribution in [0.1, 0.15) is 32.0 Å². The molecule has 6 heteroatoms. The minimum Gasteiger partial charge on any atom is -0.342 e. The number of imidazole rings is 1. The standard InChI is InChI=1S/C18H20N2O3S/c1-18(11-4-2-5-12-18)24(22,23)15-9-7-8-14-17(15)20-16(19-14)10-3-6-13-21/h2,4-5,7-9,11,13H,3,6,10,12H2,1H3,(H,19,20). The highest BCUT2D eigenvalue weighted by Gasteiger charge is 2.39. The van der Waals surface area contributed by atoms with Crippen LogP contribution in [0, 0.1) is 0 Å². The number of benzene rings is 1. The van der Waals surface area contributed by atoms with E-state index in [1.54, 1.807) is 31.2 Å². The second-order valence-corrected chi connectivity index (χ2v) is 8.58. The number of sulfone groups is 1. The lowest BCUT2D eigenvalue weighted by atomic mass is 10.0. The summed E-state index contributed by atoms with van der Waals surface area (Å²) in [6, 6.07) is 5.17. The van der Waals surface area contributed by atoms with Crippen LogP contribution in [0.2, 0.25) is 0 Å². The molecule has 1 unspecified atom stereocenters. The largest absolute Gasteiger partial charge is 0.342 e. The van der Waals surface area contributed by atoms with E-state index < -0.39 is 14.6 Å². The van der Waals surface area contributed by atoms with Crippen LogP contribution in [0.5, 0.6) is 0 Å². The highest BCUT2D eigenvalue weighted by molar-refractivity contribution is 7.93. The molecule has 24 heavy (non-hydrogen) atoms. The van der Waals surface area contributed by atoms with Gasteiger partial charge in [0.25, 0.3) is 0 Å². The summed E-state index contributed by atoms with van der Waals surface area (Å²) in [7, 11) is -3.58. The molecule has 1 aliphatic carbocycles. The fourth-order valence-electron chi connectivity index (χ4n) is 2.90. The van der Waals surface area contributed by atoms with Crippen LogP contribution in [0.4, 0.5) is 0 Å². The first-order chi connectivity index (χ1) is 11.5. The molecule has 5 nitrogen and oxygen atoms in total. The van der Waals surface area contributed by atoms with E-state index in [0.717, 1.165) is 6.29 Å². The Balaban J connectivity index is 2.04. The van der Waals surface area contributed by atoms with Gasteiger partial charge in [0.1, 0.15) is 17.6 Å². The number of aldehydes is 1. The van der Waals surface area contributed by atoms with Crippen LogP contribution in [0.15, 0.2) is 47.4 Å². The number of hydrogen-bond acceptors (Lipinski definition) is 4. The third kappa shape index (κ3) is 2.82. The van der Waals surface area contributed by atoms with Gasteiger partial charge in [-0.3, -0.25) is 0 Å². The van der Waals surface area contributed by atoms with Crippen LogP contribution in [-0.2, 0) is 21.1 Å². The number of aromatic nitrogens is 2. The van der Waals surface area contributed by atoms with Crippen LogP contribution in [0.25, 0.3) is 11.0 Å². The lowest BCUT2D eigenvalue weighted by molar-refractivity contribution is -0.107. The summed E-state index contributed by atoms with van der Waals surface area (Å²) in [5, 5.41) is 0. The highest BCUT2D eigenvalue weighted by atomic mass is 32.2. The first-order valence-electron chi connectivity index (χ1n) is 7.98. The number of aryl methyl sites for hydroxylation is 1. The van der Waals surface area contributed by atoms with Crippen molar-refractivity contribution >= 4 is 27.2 Å². The zero-order chi connectivity index (χ0) is 17.2. The van der Waals surface area contributed by atoms with Gasteiger partial charge in [0.2, 0.25) is 0 Å². The third-order valence-electron chi connectivity index (χ3n) is 4.38. The molecule has 126 valence electrons. The smallest absolute Gasteiger partial charge is 0.189 e. The number of rotatable bonds is 6. The fourth-order valence-corrected chi connectivity index (χ4v) is 4.65. The molecule has 2 aromatic rings. The molecule has 1 aromatic heterocycles. The molecule has 0 saturated carbocycles. The molecule has 1 aliphatic rings. The Labute approximate surface area is 141 Å². The van der Waals surface area contributed by atoms with Crippen LogP contribution in [0.3, 0.4) is 0 Å². The van der Waals surface area contributed by atoms with Crippen molar-refractivity contribution in [1.29, 1.82) is 0 Å². The average Bonchev–Trinajstić information content (AvgIpc) is 2.98. The van der Waals surface area contributed by atoms with E-state index in [1.165, 1.54) is 0 Å². The Kier molecular flexibility index (Phi) is 4.41. The van der Waals surface area contributed by atoms with Gasteiger partial charge in [-0.15, -0.1) is 0 Å². The Morgan fingerprint density at radius 1 is 1.33 bits per heavy atom. The number of H-pyrrole nitrogens is 1. The first kappa shape index (κ1) is 16.6. The Morgan fingerprint density at radius 3 is 2.88 bits per heavy atom. The normalized spacial score (nSPS) is 20.5. The van der Waals surface area contributed by atoms with Crippen molar-refractivity contribution < 1.29 is 13.2 Å². The molecule has 1 heterocycles. The lowest BCUT2D eigenvalue weighted by Crippen LogP contribution is -2.33. The summed E-state index contributed by atoms with van der Waals surface area (Å²) in [5.41, 5.74) is 1.18. The van der Waals surface area contributed by atoms with Crippen molar-refractivity contribution in [2.24, 2.45) is 0 Å². The maximum atomic E-state index is 13.2. The molecule has 0 spiro atoms. The molecule has 0 bridgehead atoms. The second-order valence-electron chi connectivity index (χ2n) is 6.20. The van der Waals surface area contributed by atoms with Gasteiger partial charge in [-0.25, -0.2) is 13.4 Å². The van der Waals surface area contributed by atoms with Crippen molar-refractivity contribution in [1.82, 2.24) is 9.97 Å². The number of aromatic amines is 1. The Bertz CT molecular complexity index is 925. The summed E-state index contributed by atoms with van der Waals surface area (Å²) >= 11 is 0. The number of carbonyl (C=O) groups is 1. The number of hydrogen-bond donors (Lipinski definition) is 1. The van der Waals surface area contributed by atoms with E-state index in [1.807, 2.05) is 18.2 Å². The molecule has 1 N–H and O–H groups in total. The number of carbonyl (C=O) groups excluding carboxylic acids is 1. The van der Waals surface area contributed by atoms with Gasteiger partial charge in [-0.05, 0) is 31.9 Å². The molecule has 1 aromatic carbocycles. The molecule has 3 rings (SSSR count). The van der Waals surface area contributed by atoms with Crippen LogP contribution < -0.4 is 0 Å². The van der Waals surface area contributed by atoms with Gasteiger partial charge in [-0.2, -0.15) is 0 Å². The minimum atomic E-state index is -3.58. The number of nitrogens with one attached hydrogen (secondary N) is 1. The minimum absolute atomic E-state index is 0.250. The van der Waals surface area contributed by atoms with Gasteiger partial charge in [0.05, 0.1) is 15.2 Å². The molecule has 0 fully saturated rings. The molecular formula is C18H20N2O3S. The number of allylic oxidation sites excluding steroid dienone is 3. The topological polar surface area (TPSA) is 79.9 Å². The van der Waals surface area contributed by atoms with E-state index >= 15 is 0 Å². The molecule has 1 atom stereocenters. The van der Waals surface area contributed by atoms with E-state index in [9.17, 15) is 13.2 Å². The van der Waals surface area contributed by atoms with Crippen LogP contribution >= 0.6 is 0 Å². The average molecular weight is 344 g/mol. The van der Waals surface area contributed by atoms with E-state index in [0.29, 0.717) is 42.5 Å².